The van der Waals surface area contributed by atoms with Gasteiger partial charge in [-0.25, -0.2) is 9.18 Å². The molecule has 150 valence electrons. The summed E-state index contributed by atoms with van der Waals surface area (Å²) in [6.45, 7) is 0.398. The molecule has 0 bridgehead atoms. The lowest BCUT2D eigenvalue weighted by atomic mass is 9.94. The molecule has 1 aliphatic heterocycles. The molecule has 3 N–H and O–H groups in total. The van der Waals surface area contributed by atoms with Gasteiger partial charge < -0.3 is 20.4 Å². The average molecular weight is 401 g/mol. The summed E-state index contributed by atoms with van der Waals surface area (Å²) >= 11 is 0. The van der Waals surface area contributed by atoms with Crippen molar-refractivity contribution in [3.63, 3.8) is 0 Å². The third-order valence-electron chi connectivity index (χ3n) is 5.75. The molecule has 0 saturated carbocycles. The molecule has 1 aromatic heterocycles. The number of ether oxygens (including phenoxy) is 1. The van der Waals surface area contributed by atoms with Crippen LogP contribution in [0.4, 0.5) is 9.18 Å². The van der Waals surface area contributed by atoms with Crippen molar-refractivity contribution in [1.82, 2.24) is 9.88 Å². The minimum absolute atomic E-state index is 0.319. The van der Waals surface area contributed by atoms with E-state index in [-0.39, 0.29) is 11.9 Å². The number of hydrogen-bond donors (Lipinski definition) is 2. The molecular weight excluding hydrogens is 381 g/mol. The van der Waals surface area contributed by atoms with Crippen LogP contribution in [0.5, 0.6) is 5.75 Å². The van der Waals surface area contributed by atoms with Crippen molar-refractivity contribution in [3.05, 3.63) is 89.4 Å². The first kappa shape index (κ1) is 18.2. The Balaban J connectivity index is 1.63. The summed E-state index contributed by atoms with van der Waals surface area (Å²) in [5.41, 5.74) is 11.4. The number of nitrogens with zero attached hydrogens (tertiary/aromatic N) is 1. The van der Waals surface area contributed by atoms with Gasteiger partial charge in [-0.05, 0) is 58.7 Å². The van der Waals surface area contributed by atoms with Crippen molar-refractivity contribution in [3.8, 4) is 16.9 Å². The number of H-pyrrole nitrogens is 1. The molecule has 2 heterocycles. The molecule has 30 heavy (non-hydrogen) atoms. The monoisotopic (exact) mass is 401 g/mol. The molecule has 5 nitrogen and oxygen atoms in total. The molecule has 3 aromatic carbocycles. The van der Waals surface area contributed by atoms with Crippen LogP contribution in [0.25, 0.3) is 22.0 Å². The Kier molecular flexibility index (Phi) is 4.20. The second-order valence-electron chi connectivity index (χ2n) is 7.45. The number of halogens is 1. The number of benzene rings is 3. The van der Waals surface area contributed by atoms with E-state index in [1.54, 1.807) is 18.1 Å². The zero-order chi connectivity index (χ0) is 20.8. The molecule has 6 heteroatoms. The van der Waals surface area contributed by atoms with Gasteiger partial charge in [0.15, 0.2) is 0 Å². The smallest absolute Gasteiger partial charge is 0.315 e. The Morgan fingerprint density at radius 3 is 2.73 bits per heavy atom. The number of aromatic amines is 1. The summed E-state index contributed by atoms with van der Waals surface area (Å²) in [6, 6.07) is 17.7. The molecule has 1 aliphatic rings. The molecule has 4 aromatic rings. The summed E-state index contributed by atoms with van der Waals surface area (Å²) in [4.78, 5) is 17.1. The van der Waals surface area contributed by atoms with Gasteiger partial charge in [-0.3, -0.25) is 0 Å². The van der Waals surface area contributed by atoms with Gasteiger partial charge in [0.2, 0.25) is 0 Å². The van der Waals surface area contributed by atoms with E-state index in [0.717, 1.165) is 44.5 Å². The van der Waals surface area contributed by atoms with Crippen LogP contribution in [0.15, 0.2) is 66.9 Å². The lowest BCUT2D eigenvalue weighted by Gasteiger charge is -2.23. The summed E-state index contributed by atoms with van der Waals surface area (Å²) in [6.07, 6.45) is 1.83. The molecule has 2 amide bonds. The molecule has 0 spiro atoms. The molecular formula is C24H20FN3O2. The highest BCUT2D eigenvalue weighted by Crippen LogP contribution is 2.42. The highest BCUT2D eigenvalue weighted by atomic mass is 19.1. The van der Waals surface area contributed by atoms with Gasteiger partial charge >= 0.3 is 6.03 Å². The lowest BCUT2D eigenvalue weighted by Crippen LogP contribution is -2.34. The number of primary amides is 1. The molecule has 1 unspecified atom stereocenters. The lowest BCUT2D eigenvalue weighted by molar-refractivity contribution is 0.199. The second-order valence-corrected chi connectivity index (χ2v) is 7.45. The Morgan fingerprint density at radius 2 is 1.93 bits per heavy atom. The van der Waals surface area contributed by atoms with E-state index in [2.05, 4.69) is 11.1 Å². The molecule has 5 rings (SSSR count). The number of aromatic nitrogens is 1. The van der Waals surface area contributed by atoms with Crippen LogP contribution < -0.4 is 10.5 Å². The fourth-order valence-corrected chi connectivity index (χ4v) is 4.32. The van der Waals surface area contributed by atoms with Gasteiger partial charge in [-0.2, -0.15) is 0 Å². The van der Waals surface area contributed by atoms with Crippen molar-refractivity contribution < 1.29 is 13.9 Å². The molecule has 0 aliphatic carbocycles. The summed E-state index contributed by atoms with van der Waals surface area (Å²) in [5.74, 6) is 0.464. The molecule has 1 atom stereocenters. The molecule has 0 saturated heterocycles. The maximum atomic E-state index is 13.9. The van der Waals surface area contributed by atoms with Crippen LogP contribution in [-0.4, -0.2) is 23.0 Å². The van der Waals surface area contributed by atoms with Crippen LogP contribution in [-0.2, 0) is 6.54 Å². The van der Waals surface area contributed by atoms with Gasteiger partial charge in [0, 0.05) is 29.2 Å². The first-order chi connectivity index (χ1) is 14.5. The van der Waals surface area contributed by atoms with E-state index >= 15 is 0 Å². The maximum Gasteiger partial charge on any atom is 0.315 e. The summed E-state index contributed by atoms with van der Waals surface area (Å²) < 4.78 is 19.2. The van der Waals surface area contributed by atoms with Gasteiger partial charge in [-0.15, -0.1) is 0 Å². The van der Waals surface area contributed by atoms with E-state index in [1.807, 2.05) is 42.6 Å². The molecule has 0 radical (unpaired) electrons. The second kappa shape index (κ2) is 6.91. The Labute approximate surface area is 172 Å². The minimum atomic E-state index is -0.509. The number of hydrogen-bond acceptors (Lipinski definition) is 2. The molecule has 0 fully saturated rings. The number of nitrogens with one attached hydrogen (secondary N) is 1. The number of urea groups is 1. The SMILES string of the molecule is COc1cccc(-c2ccc3c(c2)CN(C(N)=O)C3c2c[nH]c3ccc(F)cc23)c1. The first-order valence-corrected chi connectivity index (χ1v) is 9.65. The zero-order valence-corrected chi connectivity index (χ0v) is 16.4. The Morgan fingerprint density at radius 1 is 1.10 bits per heavy atom. The van der Waals surface area contributed by atoms with Crippen LogP contribution in [0.2, 0.25) is 0 Å². The number of carbonyl (C=O) groups is 1. The summed E-state index contributed by atoms with van der Waals surface area (Å²) in [5, 5.41) is 0.746. The number of amides is 2. The number of fused-ring (bicyclic) bond motifs is 2. The fourth-order valence-electron chi connectivity index (χ4n) is 4.32. The third kappa shape index (κ3) is 2.88. The average Bonchev–Trinajstić information content (AvgIpc) is 3.34. The first-order valence-electron chi connectivity index (χ1n) is 9.65. The van der Waals surface area contributed by atoms with Crippen molar-refractivity contribution in [1.29, 1.82) is 0 Å². The standard InChI is InChI=1S/C24H20FN3O2/c1-30-18-4-2-3-14(10-18)15-5-7-19-16(9-15)13-28(24(26)29)23(19)21-12-27-22-8-6-17(25)11-20(21)22/h2-12,23,27H,13H2,1H3,(H2,26,29). The van der Waals surface area contributed by atoms with E-state index in [9.17, 15) is 9.18 Å². The Bertz CT molecular complexity index is 1280. The largest absolute Gasteiger partial charge is 0.497 e. The van der Waals surface area contributed by atoms with Gasteiger partial charge in [0.1, 0.15) is 11.6 Å². The third-order valence-corrected chi connectivity index (χ3v) is 5.75. The minimum Gasteiger partial charge on any atom is -0.497 e. The summed E-state index contributed by atoms with van der Waals surface area (Å²) in [7, 11) is 1.64. The quantitative estimate of drug-likeness (QED) is 0.509. The van der Waals surface area contributed by atoms with Crippen LogP contribution in [0.1, 0.15) is 22.7 Å². The Hall–Kier alpha value is -3.80. The maximum absolute atomic E-state index is 13.9. The predicted octanol–water partition coefficient (Wildman–Crippen LogP) is 4.97. The van der Waals surface area contributed by atoms with E-state index in [4.69, 9.17) is 10.5 Å². The van der Waals surface area contributed by atoms with Crippen LogP contribution in [0.3, 0.4) is 0 Å². The van der Waals surface area contributed by atoms with E-state index < -0.39 is 6.03 Å². The highest BCUT2D eigenvalue weighted by molar-refractivity contribution is 5.86. The normalized spacial score (nSPS) is 15.4. The number of rotatable bonds is 3. The van der Waals surface area contributed by atoms with Crippen LogP contribution in [0, 0.1) is 5.82 Å². The fraction of sp³-hybridized carbons (Fsp3) is 0.125. The van der Waals surface area contributed by atoms with Crippen molar-refractivity contribution in [2.75, 3.05) is 7.11 Å². The number of nitrogens with two attached hydrogens (primary N) is 1. The van der Waals surface area contributed by atoms with Crippen molar-refractivity contribution in [2.45, 2.75) is 12.6 Å². The van der Waals surface area contributed by atoms with Crippen LogP contribution >= 0.6 is 0 Å². The van der Waals surface area contributed by atoms with Gasteiger partial charge in [-0.1, -0.05) is 24.3 Å². The number of carbonyl (C=O) groups excluding carboxylic acids is 1. The zero-order valence-electron chi connectivity index (χ0n) is 16.4. The van der Waals surface area contributed by atoms with E-state index in [0.29, 0.717) is 6.54 Å². The predicted molar refractivity (Wildman–Crippen MR) is 114 cm³/mol. The topological polar surface area (TPSA) is 71.3 Å². The highest BCUT2D eigenvalue weighted by Gasteiger charge is 2.35. The van der Waals surface area contributed by atoms with Crippen molar-refractivity contribution in [2.24, 2.45) is 5.73 Å². The van der Waals surface area contributed by atoms with Gasteiger partial charge in [0.25, 0.3) is 0 Å². The van der Waals surface area contributed by atoms with Crippen molar-refractivity contribution >= 4 is 16.9 Å². The van der Waals surface area contributed by atoms with E-state index in [1.165, 1.54) is 12.1 Å². The van der Waals surface area contributed by atoms with Gasteiger partial charge in [0.05, 0.1) is 13.2 Å². The number of methoxy groups -OCH3 is 1.